The van der Waals surface area contributed by atoms with Crippen LogP contribution in [-0.4, -0.2) is 92.5 Å². The maximum Gasteiger partial charge on any atom is 0.323 e. The van der Waals surface area contributed by atoms with Gasteiger partial charge in [0.2, 0.25) is 0 Å². The third-order valence-corrected chi connectivity index (χ3v) is 6.67. The molecule has 0 saturated carbocycles. The van der Waals surface area contributed by atoms with E-state index in [1.807, 2.05) is 0 Å². The number of carboxylic acid groups (broad SMARTS) is 4. The Balaban J connectivity index is 1.93. The lowest BCUT2D eigenvalue weighted by molar-refractivity contribution is -0.138. The number of nitrogens with zero attached hydrogens (tertiary/aromatic N) is 5. The molecule has 0 aliphatic heterocycles. The van der Waals surface area contributed by atoms with Gasteiger partial charge < -0.3 is 40.7 Å². The van der Waals surface area contributed by atoms with Crippen LogP contribution >= 0.6 is 0 Å². The average Bonchev–Trinajstić information content (AvgIpc) is 3.00. The molecule has 238 valence electrons. The minimum absolute atomic E-state index is 0.0968. The summed E-state index contributed by atoms with van der Waals surface area (Å²) in [5.41, 5.74) is 9.66. The zero-order valence-electron chi connectivity index (χ0n) is 24.7. The van der Waals surface area contributed by atoms with Crippen LogP contribution in [0.4, 0.5) is 17.3 Å². The van der Waals surface area contributed by atoms with Crippen molar-refractivity contribution in [2.45, 2.75) is 6.92 Å². The summed E-state index contributed by atoms with van der Waals surface area (Å²) in [5, 5.41) is 37.4. The quantitative estimate of drug-likeness (QED) is 0.126. The van der Waals surface area contributed by atoms with E-state index < -0.39 is 50.1 Å². The van der Waals surface area contributed by atoms with Gasteiger partial charge in [0.1, 0.15) is 43.6 Å². The average molecular weight is 631 g/mol. The van der Waals surface area contributed by atoms with Gasteiger partial charge >= 0.3 is 23.9 Å². The highest BCUT2D eigenvalue weighted by Crippen LogP contribution is 2.34. The number of aliphatic carboxylic acids is 4. The van der Waals surface area contributed by atoms with Crippen LogP contribution < -0.4 is 20.3 Å². The summed E-state index contributed by atoms with van der Waals surface area (Å²) in [6.07, 6.45) is 0. The molecule has 4 aromatic rings. The van der Waals surface area contributed by atoms with Gasteiger partial charge in [0.25, 0.3) is 0 Å². The molecule has 0 radical (unpaired) electrons. The molecule has 0 amide bonds. The normalized spacial score (nSPS) is 10.7. The van der Waals surface area contributed by atoms with Crippen LogP contribution in [0.5, 0.6) is 5.75 Å². The number of nitrogen functional groups attached to an aromatic ring is 1. The van der Waals surface area contributed by atoms with Gasteiger partial charge in [-0.05, 0) is 66.1 Å². The van der Waals surface area contributed by atoms with E-state index >= 15 is 0 Å². The molecule has 0 saturated heterocycles. The molecule has 0 spiro atoms. The van der Waals surface area contributed by atoms with Crippen LogP contribution in [0.25, 0.3) is 33.9 Å². The van der Waals surface area contributed by atoms with Gasteiger partial charge in [-0.2, -0.15) is 0 Å². The van der Waals surface area contributed by atoms with Gasteiger partial charge in [0.05, 0.1) is 35.6 Å². The molecule has 46 heavy (non-hydrogen) atoms. The van der Waals surface area contributed by atoms with Crippen molar-refractivity contribution in [2.75, 3.05) is 48.8 Å². The van der Waals surface area contributed by atoms with Gasteiger partial charge in [-0.15, -0.1) is 0 Å². The molecule has 0 aliphatic rings. The van der Waals surface area contributed by atoms with Crippen LogP contribution in [0.2, 0.25) is 0 Å². The number of hydrogen-bond donors (Lipinski definition) is 5. The number of ether oxygens (including phenoxy) is 1. The van der Waals surface area contributed by atoms with E-state index in [-0.39, 0.29) is 17.3 Å². The first kappa shape index (κ1) is 32.7. The molecule has 0 atom stereocenters. The summed E-state index contributed by atoms with van der Waals surface area (Å²) in [5.74, 6) is -4.34. The summed E-state index contributed by atoms with van der Waals surface area (Å²) >= 11 is 0. The molecule has 4 rings (SSSR count). The molecule has 0 fully saturated rings. The Hall–Kier alpha value is -6.25. The molecule has 15 nitrogen and oxygen atoms in total. The van der Waals surface area contributed by atoms with Crippen LogP contribution in [0.15, 0.2) is 60.7 Å². The van der Waals surface area contributed by atoms with Crippen molar-refractivity contribution in [1.29, 1.82) is 0 Å². The van der Waals surface area contributed by atoms with E-state index in [4.69, 9.17) is 15.5 Å². The predicted octanol–water partition coefficient (Wildman–Crippen LogP) is 2.72. The maximum atomic E-state index is 11.5. The maximum absolute atomic E-state index is 11.5. The third-order valence-electron chi connectivity index (χ3n) is 6.67. The first-order valence-corrected chi connectivity index (χ1v) is 13.6. The lowest BCUT2D eigenvalue weighted by atomic mass is 10.0. The van der Waals surface area contributed by atoms with E-state index in [9.17, 15) is 39.6 Å². The lowest BCUT2D eigenvalue weighted by Crippen LogP contribution is -2.35. The van der Waals surface area contributed by atoms with Gasteiger partial charge in [0.15, 0.2) is 0 Å². The summed E-state index contributed by atoms with van der Waals surface area (Å²) < 4.78 is 5.40. The third kappa shape index (κ3) is 8.02. The number of methoxy groups -OCH3 is 1. The molecule has 3 heterocycles. The topological polar surface area (TPSA) is 230 Å². The second-order valence-corrected chi connectivity index (χ2v) is 10.1. The van der Waals surface area contributed by atoms with Crippen LogP contribution in [0.1, 0.15) is 5.56 Å². The Morgan fingerprint density at radius 2 is 1.24 bits per heavy atom. The largest absolute Gasteiger partial charge is 0.495 e. The first-order valence-electron chi connectivity index (χ1n) is 13.6. The number of hydrogen-bond acceptors (Lipinski definition) is 11. The molecule has 1 aromatic carbocycles. The Morgan fingerprint density at radius 1 is 0.674 bits per heavy atom. The molecule has 6 N–H and O–H groups in total. The van der Waals surface area contributed by atoms with Crippen LogP contribution in [0, 0.1) is 6.92 Å². The number of aromatic nitrogens is 3. The summed E-state index contributed by atoms with van der Waals surface area (Å²) in [4.78, 5) is 62.0. The summed E-state index contributed by atoms with van der Waals surface area (Å²) in [6.45, 7) is -0.658. The lowest BCUT2D eigenvalue weighted by Gasteiger charge is -2.21. The zero-order valence-corrected chi connectivity index (χ0v) is 24.7. The van der Waals surface area contributed by atoms with Gasteiger partial charge in [-0.1, -0.05) is 18.2 Å². The van der Waals surface area contributed by atoms with Crippen molar-refractivity contribution in [2.24, 2.45) is 0 Å². The number of nitrogens with two attached hydrogens (primary N) is 1. The minimum atomic E-state index is -1.24. The molecular weight excluding hydrogens is 600 g/mol. The molecule has 0 aliphatic carbocycles. The number of rotatable bonds is 14. The zero-order chi connectivity index (χ0) is 33.5. The standard InChI is InChI=1S/C31H30N6O9/c1-17-6-9-26(37(15-29(42)43)16-30(44)45)35-31(17)23-11-19(18-7-8-20(32)24(12-18)46-2)10-22(33-23)21-4-3-5-25(34-21)36(13-27(38)39)14-28(40)41/h3-12H,13-16,32H2,1-2H3,(H,38,39)(H,40,41)(H,42,43)(H,44,45). The highest BCUT2D eigenvalue weighted by atomic mass is 16.5. The molecule has 3 aromatic heterocycles. The summed E-state index contributed by atoms with van der Waals surface area (Å²) in [6, 6.07) is 16.5. The van der Waals surface area contributed by atoms with Crippen molar-refractivity contribution in [3.8, 4) is 39.7 Å². The number of carboxylic acids is 4. The molecule has 0 unspecified atom stereocenters. The van der Waals surface area contributed by atoms with Gasteiger partial charge in [-0.25, -0.2) is 15.0 Å². The van der Waals surface area contributed by atoms with Crippen LogP contribution in [0.3, 0.4) is 0 Å². The van der Waals surface area contributed by atoms with E-state index in [1.165, 1.54) is 19.2 Å². The number of aryl methyl sites for hydroxylation is 1. The monoisotopic (exact) mass is 630 g/mol. The Kier molecular flexibility index (Phi) is 9.96. The van der Waals surface area contributed by atoms with E-state index in [1.54, 1.807) is 55.5 Å². The number of benzene rings is 1. The fourth-order valence-electron chi connectivity index (χ4n) is 4.63. The van der Waals surface area contributed by atoms with Gasteiger partial charge in [-0.3, -0.25) is 19.2 Å². The van der Waals surface area contributed by atoms with Gasteiger partial charge in [0, 0.05) is 0 Å². The van der Waals surface area contributed by atoms with Crippen molar-refractivity contribution in [3.05, 3.63) is 66.2 Å². The molecular formula is C31H30N6O9. The van der Waals surface area contributed by atoms with E-state index in [0.29, 0.717) is 45.2 Å². The van der Waals surface area contributed by atoms with Crippen molar-refractivity contribution in [1.82, 2.24) is 15.0 Å². The van der Waals surface area contributed by atoms with Crippen LogP contribution in [-0.2, 0) is 19.2 Å². The highest BCUT2D eigenvalue weighted by Gasteiger charge is 2.20. The smallest absolute Gasteiger partial charge is 0.323 e. The van der Waals surface area contributed by atoms with Crippen molar-refractivity contribution < 1.29 is 44.3 Å². The first-order chi connectivity index (χ1) is 21.8. The Bertz CT molecular complexity index is 1780. The Morgan fingerprint density at radius 3 is 1.80 bits per heavy atom. The van der Waals surface area contributed by atoms with E-state index in [2.05, 4.69) is 9.97 Å². The predicted molar refractivity (Wildman–Crippen MR) is 167 cm³/mol. The van der Waals surface area contributed by atoms with Crippen molar-refractivity contribution >= 4 is 41.2 Å². The number of anilines is 3. The molecule has 15 heteroatoms. The van der Waals surface area contributed by atoms with E-state index in [0.717, 1.165) is 9.80 Å². The second-order valence-electron chi connectivity index (χ2n) is 10.1. The SMILES string of the molecule is COc1cc(-c2cc(-c3cccc(N(CC(=O)O)CC(=O)O)n3)nc(-c3nc(N(CC(=O)O)CC(=O)O)ccc3C)c2)ccc1N. The highest BCUT2D eigenvalue weighted by molar-refractivity contribution is 5.82. The fourth-order valence-corrected chi connectivity index (χ4v) is 4.63. The summed E-state index contributed by atoms with van der Waals surface area (Å²) in [7, 11) is 1.48. The van der Waals surface area contributed by atoms with Crippen molar-refractivity contribution in [3.63, 3.8) is 0 Å². The Labute approximate surface area is 262 Å². The second kappa shape index (κ2) is 14.0. The fraction of sp³-hybridized carbons (Fsp3) is 0.194. The molecule has 0 bridgehead atoms. The number of pyridine rings is 3. The minimum Gasteiger partial charge on any atom is -0.495 e. The number of carbonyl (C=O) groups is 4.